The van der Waals surface area contributed by atoms with Gasteiger partial charge in [-0.2, -0.15) is 11.8 Å². The maximum Gasteiger partial charge on any atom is 0.191 e. The van der Waals surface area contributed by atoms with Crippen LogP contribution < -0.4 is 10.6 Å². The van der Waals surface area contributed by atoms with Crippen molar-refractivity contribution >= 4 is 17.7 Å². The highest BCUT2D eigenvalue weighted by Crippen LogP contribution is 2.37. The van der Waals surface area contributed by atoms with Gasteiger partial charge in [-0.25, -0.2) is 0 Å². The van der Waals surface area contributed by atoms with Gasteiger partial charge in [0, 0.05) is 43.5 Å². The lowest BCUT2D eigenvalue weighted by Gasteiger charge is -2.38. The van der Waals surface area contributed by atoms with E-state index < -0.39 is 0 Å². The fourth-order valence-electron chi connectivity index (χ4n) is 3.09. The number of aliphatic imine (C=N–C) groups is 1. The molecule has 128 valence electrons. The van der Waals surface area contributed by atoms with Crippen molar-refractivity contribution in [1.29, 1.82) is 0 Å². The Hall–Kier alpha value is -0.460. The first kappa shape index (κ1) is 17.9. The first-order chi connectivity index (χ1) is 10.5. The molecule has 0 radical (unpaired) electrons. The van der Waals surface area contributed by atoms with Crippen LogP contribution in [0.1, 0.15) is 26.7 Å². The van der Waals surface area contributed by atoms with Gasteiger partial charge < -0.3 is 15.5 Å². The van der Waals surface area contributed by atoms with Crippen LogP contribution in [0.25, 0.3) is 0 Å². The number of piperazine rings is 1. The number of likely N-dealkylation sites (N-methyl/N-ethyl adjacent to an activating group) is 2. The Labute approximate surface area is 140 Å². The fraction of sp³-hybridized carbons (Fsp3) is 0.938. The molecule has 0 aromatic rings. The third-order valence-electron chi connectivity index (χ3n) is 4.70. The number of rotatable bonds is 5. The number of nitrogens with one attached hydrogen (secondary N) is 2. The second-order valence-corrected chi connectivity index (χ2v) is 8.56. The van der Waals surface area contributed by atoms with E-state index in [4.69, 9.17) is 4.99 Å². The van der Waals surface area contributed by atoms with E-state index in [1.54, 1.807) is 0 Å². The summed E-state index contributed by atoms with van der Waals surface area (Å²) in [5, 5.41) is 6.93. The summed E-state index contributed by atoms with van der Waals surface area (Å²) in [4.78, 5) is 9.70. The third kappa shape index (κ3) is 5.32. The lowest BCUT2D eigenvalue weighted by Crippen LogP contribution is -2.55. The lowest BCUT2D eigenvalue weighted by atomic mass is 10.1. The van der Waals surface area contributed by atoms with Crippen LogP contribution in [0.15, 0.2) is 4.99 Å². The van der Waals surface area contributed by atoms with Gasteiger partial charge in [-0.15, -0.1) is 0 Å². The standard InChI is InChI=1S/C16H33N5S/c1-5-17-15(19-13-16(2)7-6-10-22-16)18-11-14-12-20(3)8-9-21(14)4/h14H,5-13H2,1-4H3,(H2,17,18,19). The molecule has 0 amide bonds. The minimum atomic E-state index is 0.337. The van der Waals surface area contributed by atoms with Crippen molar-refractivity contribution in [3.8, 4) is 0 Å². The number of hydrogen-bond donors (Lipinski definition) is 2. The molecular formula is C16H33N5S. The molecule has 0 saturated carbocycles. The average molecular weight is 328 g/mol. The molecule has 6 heteroatoms. The van der Waals surface area contributed by atoms with Crippen LogP contribution >= 0.6 is 11.8 Å². The van der Waals surface area contributed by atoms with Gasteiger partial charge in [-0.1, -0.05) is 0 Å². The molecule has 0 aromatic heterocycles. The topological polar surface area (TPSA) is 42.9 Å². The molecule has 2 heterocycles. The van der Waals surface area contributed by atoms with E-state index in [1.807, 2.05) is 0 Å². The summed E-state index contributed by atoms with van der Waals surface area (Å²) in [6.07, 6.45) is 2.62. The molecule has 0 spiro atoms. The molecule has 0 aliphatic carbocycles. The van der Waals surface area contributed by atoms with Crippen molar-refractivity contribution in [3.05, 3.63) is 0 Å². The van der Waals surface area contributed by atoms with Crippen LogP contribution in [-0.2, 0) is 0 Å². The molecule has 2 rings (SSSR count). The van der Waals surface area contributed by atoms with Gasteiger partial charge >= 0.3 is 0 Å². The molecule has 2 aliphatic heterocycles. The van der Waals surface area contributed by atoms with E-state index in [-0.39, 0.29) is 0 Å². The lowest BCUT2D eigenvalue weighted by molar-refractivity contribution is 0.116. The summed E-state index contributed by atoms with van der Waals surface area (Å²) in [7, 11) is 4.43. The second-order valence-electron chi connectivity index (χ2n) is 6.87. The van der Waals surface area contributed by atoms with Gasteiger partial charge in [-0.3, -0.25) is 9.89 Å². The van der Waals surface area contributed by atoms with Crippen molar-refractivity contribution in [2.45, 2.75) is 37.5 Å². The van der Waals surface area contributed by atoms with Crippen LogP contribution in [0.5, 0.6) is 0 Å². The molecule has 2 unspecified atom stereocenters. The summed E-state index contributed by atoms with van der Waals surface area (Å²) >= 11 is 2.07. The minimum Gasteiger partial charge on any atom is -0.357 e. The third-order valence-corrected chi connectivity index (χ3v) is 6.22. The zero-order valence-electron chi connectivity index (χ0n) is 14.7. The van der Waals surface area contributed by atoms with Crippen molar-refractivity contribution in [1.82, 2.24) is 20.4 Å². The molecule has 2 atom stereocenters. The Bertz CT molecular complexity index is 368. The molecule has 2 N–H and O–H groups in total. The molecule has 0 aromatic carbocycles. The Morgan fingerprint density at radius 3 is 2.82 bits per heavy atom. The Morgan fingerprint density at radius 2 is 2.14 bits per heavy atom. The van der Waals surface area contributed by atoms with Crippen LogP contribution in [0.4, 0.5) is 0 Å². The predicted molar refractivity (Wildman–Crippen MR) is 98.0 cm³/mol. The largest absolute Gasteiger partial charge is 0.357 e. The smallest absolute Gasteiger partial charge is 0.191 e. The van der Waals surface area contributed by atoms with Gasteiger partial charge in [0.25, 0.3) is 0 Å². The maximum atomic E-state index is 4.84. The van der Waals surface area contributed by atoms with Gasteiger partial charge in [-0.05, 0) is 46.5 Å². The van der Waals surface area contributed by atoms with E-state index in [0.29, 0.717) is 10.8 Å². The predicted octanol–water partition coefficient (Wildman–Crippen LogP) is 1.07. The van der Waals surface area contributed by atoms with Gasteiger partial charge in [0.15, 0.2) is 5.96 Å². The molecule has 22 heavy (non-hydrogen) atoms. The van der Waals surface area contributed by atoms with Crippen LogP contribution in [0.3, 0.4) is 0 Å². The molecular weight excluding hydrogens is 294 g/mol. The first-order valence-corrected chi connectivity index (χ1v) is 9.56. The Kier molecular flexibility index (Phi) is 6.84. The van der Waals surface area contributed by atoms with Crippen LogP contribution in [0.2, 0.25) is 0 Å². The van der Waals surface area contributed by atoms with E-state index >= 15 is 0 Å². The number of nitrogens with zero attached hydrogens (tertiary/aromatic N) is 3. The minimum absolute atomic E-state index is 0.337. The highest BCUT2D eigenvalue weighted by molar-refractivity contribution is 8.00. The quantitative estimate of drug-likeness (QED) is 0.584. The zero-order chi connectivity index (χ0) is 16.0. The SMILES string of the molecule is CCNC(=NCC1(C)CCCS1)NCC1CN(C)CCN1C. The van der Waals surface area contributed by atoms with E-state index in [2.05, 4.69) is 60.1 Å². The summed E-state index contributed by atoms with van der Waals surface area (Å²) in [5.74, 6) is 2.26. The molecule has 2 saturated heterocycles. The first-order valence-electron chi connectivity index (χ1n) is 8.57. The van der Waals surface area contributed by atoms with Crippen molar-refractivity contribution in [2.24, 2.45) is 4.99 Å². The van der Waals surface area contributed by atoms with Crippen LogP contribution in [0, 0.1) is 0 Å². The highest BCUT2D eigenvalue weighted by atomic mass is 32.2. The van der Waals surface area contributed by atoms with Crippen LogP contribution in [-0.4, -0.2) is 85.7 Å². The maximum absolute atomic E-state index is 4.84. The van der Waals surface area contributed by atoms with Gasteiger partial charge in [0.1, 0.15) is 0 Å². The fourth-order valence-corrected chi connectivity index (χ4v) is 4.31. The summed E-state index contributed by atoms with van der Waals surface area (Å²) in [5.41, 5.74) is 0. The Morgan fingerprint density at radius 1 is 1.32 bits per heavy atom. The van der Waals surface area contributed by atoms with Crippen molar-refractivity contribution in [2.75, 3.05) is 59.1 Å². The molecule has 5 nitrogen and oxygen atoms in total. The monoisotopic (exact) mass is 327 g/mol. The summed E-state index contributed by atoms with van der Waals surface area (Å²) in [6, 6.07) is 0.555. The molecule has 0 bridgehead atoms. The summed E-state index contributed by atoms with van der Waals surface area (Å²) < 4.78 is 0.337. The summed E-state index contributed by atoms with van der Waals surface area (Å²) in [6.45, 7) is 10.7. The normalized spacial score (nSPS) is 31.5. The average Bonchev–Trinajstić information content (AvgIpc) is 2.92. The van der Waals surface area contributed by atoms with E-state index in [9.17, 15) is 0 Å². The molecule has 2 aliphatic rings. The van der Waals surface area contributed by atoms with E-state index in [0.717, 1.165) is 45.2 Å². The van der Waals surface area contributed by atoms with Gasteiger partial charge in [0.05, 0.1) is 6.54 Å². The van der Waals surface area contributed by atoms with E-state index in [1.165, 1.54) is 18.6 Å². The Balaban J connectivity index is 1.85. The second kappa shape index (κ2) is 8.41. The highest BCUT2D eigenvalue weighted by Gasteiger charge is 2.29. The van der Waals surface area contributed by atoms with Gasteiger partial charge in [0.2, 0.25) is 0 Å². The number of thioether (sulfide) groups is 1. The number of hydrogen-bond acceptors (Lipinski definition) is 4. The zero-order valence-corrected chi connectivity index (χ0v) is 15.5. The van der Waals surface area contributed by atoms with Crippen molar-refractivity contribution in [3.63, 3.8) is 0 Å². The number of guanidine groups is 1. The van der Waals surface area contributed by atoms with Crippen molar-refractivity contribution < 1.29 is 0 Å². The molecule has 2 fully saturated rings.